The molecule has 9 heteroatoms. The molecule has 1 aromatic carbocycles. The number of aromatic nitrogens is 1. The molecule has 0 saturated carbocycles. The Morgan fingerprint density at radius 2 is 1.87 bits per heavy atom. The third-order valence-corrected chi connectivity index (χ3v) is 6.78. The summed E-state index contributed by atoms with van der Waals surface area (Å²) in [7, 11) is 1.65. The van der Waals surface area contributed by atoms with E-state index in [9.17, 15) is 9.59 Å². The van der Waals surface area contributed by atoms with Crippen molar-refractivity contribution in [2.75, 3.05) is 51.3 Å². The van der Waals surface area contributed by atoms with Crippen LogP contribution in [0.2, 0.25) is 0 Å². The summed E-state index contributed by atoms with van der Waals surface area (Å²) in [6, 6.07) is 9.27. The summed E-state index contributed by atoms with van der Waals surface area (Å²) in [6.07, 6.45) is 1.50. The molecule has 2 fully saturated rings. The van der Waals surface area contributed by atoms with E-state index < -0.39 is 0 Å². The fourth-order valence-corrected chi connectivity index (χ4v) is 4.95. The van der Waals surface area contributed by atoms with Crippen molar-refractivity contribution in [3.05, 3.63) is 42.4 Å². The van der Waals surface area contributed by atoms with Crippen LogP contribution in [0.3, 0.4) is 0 Å². The lowest BCUT2D eigenvalue weighted by molar-refractivity contribution is -0.137. The Labute approximate surface area is 177 Å². The Kier molecular flexibility index (Phi) is 4.82. The molecule has 4 heterocycles. The van der Waals surface area contributed by atoms with Gasteiger partial charge in [-0.15, -0.1) is 0 Å². The quantitative estimate of drug-likeness (QED) is 0.637. The first kappa shape index (κ1) is 18.9. The number of anilines is 1. The minimum absolute atomic E-state index is 0.0220. The summed E-state index contributed by atoms with van der Waals surface area (Å²) in [5, 5.41) is 0.924. The molecule has 2 aliphatic heterocycles. The van der Waals surface area contributed by atoms with Gasteiger partial charge < -0.3 is 23.9 Å². The minimum atomic E-state index is -0.117. The molecule has 2 saturated heterocycles. The van der Waals surface area contributed by atoms with Crippen LogP contribution >= 0.6 is 11.3 Å². The molecule has 2 aromatic heterocycles. The number of hydrogen-bond donors (Lipinski definition) is 0. The molecule has 0 unspecified atom stereocenters. The molecule has 0 aliphatic carbocycles. The molecular weight excluding hydrogens is 404 g/mol. The van der Waals surface area contributed by atoms with E-state index in [0.29, 0.717) is 45.0 Å². The van der Waals surface area contributed by atoms with Gasteiger partial charge in [0.25, 0.3) is 5.91 Å². The molecule has 5 rings (SSSR count). The third-order valence-electron chi connectivity index (χ3n) is 5.70. The van der Waals surface area contributed by atoms with Crippen molar-refractivity contribution in [2.24, 2.45) is 5.92 Å². The Hall–Kier alpha value is -3.07. The van der Waals surface area contributed by atoms with Crippen molar-refractivity contribution in [3.63, 3.8) is 0 Å². The van der Waals surface area contributed by atoms with E-state index in [2.05, 4.69) is 4.90 Å². The lowest BCUT2D eigenvalue weighted by atomic mass is 9.99. The SMILES string of the molecule is COc1cccc2sc(N3CC(C(=O)N4CCN(C(=O)c5ccco5)CC4)C3)nc12. The highest BCUT2D eigenvalue weighted by Gasteiger charge is 2.38. The second-order valence-corrected chi connectivity index (χ2v) is 8.51. The largest absolute Gasteiger partial charge is 0.494 e. The van der Waals surface area contributed by atoms with Gasteiger partial charge in [0, 0.05) is 39.3 Å². The molecule has 0 radical (unpaired) electrons. The molecule has 8 nitrogen and oxygen atoms in total. The minimum Gasteiger partial charge on any atom is -0.494 e. The molecule has 2 amide bonds. The standard InChI is InChI=1S/C21H22N4O4S/c1-28-15-4-2-6-17-18(15)22-21(30-17)25-12-14(13-25)19(26)23-7-9-24(10-8-23)20(27)16-5-3-11-29-16/h2-6,11,14H,7-10,12-13H2,1H3. The van der Waals surface area contributed by atoms with Gasteiger partial charge in [0.05, 0.1) is 24.0 Å². The van der Waals surface area contributed by atoms with E-state index in [0.717, 1.165) is 21.1 Å². The first-order chi connectivity index (χ1) is 14.6. The van der Waals surface area contributed by atoms with Gasteiger partial charge in [-0.2, -0.15) is 0 Å². The number of fused-ring (bicyclic) bond motifs is 1. The summed E-state index contributed by atoms with van der Waals surface area (Å²) in [5.74, 6) is 1.14. The first-order valence-corrected chi connectivity index (χ1v) is 10.8. The van der Waals surface area contributed by atoms with Gasteiger partial charge in [0.2, 0.25) is 5.91 Å². The number of nitrogens with zero attached hydrogens (tertiary/aromatic N) is 4. The number of furan rings is 1. The lowest BCUT2D eigenvalue weighted by Crippen LogP contribution is -2.58. The van der Waals surface area contributed by atoms with Gasteiger partial charge in [0.1, 0.15) is 11.3 Å². The Balaban J connectivity index is 1.16. The van der Waals surface area contributed by atoms with Crippen molar-refractivity contribution in [1.29, 1.82) is 0 Å². The topological polar surface area (TPSA) is 79.1 Å². The Morgan fingerprint density at radius 3 is 2.57 bits per heavy atom. The summed E-state index contributed by atoms with van der Waals surface area (Å²) < 4.78 is 11.7. The molecule has 0 spiro atoms. The Bertz CT molecular complexity index is 1070. The number of amides is 2. The van der Waals surface area contributed by atoms with Crippen LogP contribution in [-0.4, -0.2) is 73.0 Å². The van der Waals surface area contributed by atoms with E-state index in [1.165, 1.54) is 6.26 Å². The molecule has 0 N–H and O–H groups in total. The normalized spacial score (nSPS) is 17.3. The number of hydrogen-bond acceptors (Lipinski definition) is 7. The summed E-state index contributed by atoms with van der Waals surface area (Å²) in [6.45, 7) is 3.51. The second kappa shape index (κ2) is 7.64. The van der Waals surface area contributed by atoms with Crippen molar-refractivity contribution in [3.8, 4) is 5.75 Å². The van der Waals surface area contributed by atoms with Gasteiger partial charge in [-0.1, -0.05) is 17.4 Å². The van der Waals surface area contributed by atoms with E-state index in [1.807, 2.05) is 23.1 Å². The zero-order valence-electron chi connectivity index (χ0n) is 16.6. The fraction of sp³-hybridized carbons (Fsp3) is 0.381. The number of para-hydroxylation sites is 1. The van der Waals surface area contributed by atoms with Gasteiger partial charge >= 0.3 is 0 Å². The first-order valence-electron chi connectivity index (χ1n) is 9.94. The maximum absolute atomic E-state index is 12.9. The van der Waals surface area contributed by atoms with Crippen molar-refractivity contribution < 1.29 is 18.7 Å². The smallest absolute Gasteiger partial charge is 0.289 e. The van der Waals surface area contributed by atoms with Gasteiger partial charge in [0.15, 0.2) is 10.9 Å². The zero-order valence-corrected chi connectivity index (χ0v) is 17.4. The van der Waals surface area contributed by atoms with Crippen molar-refractivity contribution in [2.45, 2.75) is 0 Å². The number of ether oxygens (including phenoxy) is 1. The number of carbonyl (C=O) groups excluding carboxylic acids is 2. The van der Waals surface area contributed by atoms with Crippen LogP contribution in [0, 0.1) is 5.92 Å². The van der Waals surface area contributed by atoms with Gasteiger partial charge in [-0.3, -0.25) is 9.59 Å². The molecule has 2 aliphatic rings. The maximum Gasteiger partial charge on any atom is 0.289 e. The number of thiazole rings is 1. The van der Waals surface area contributed by atoms with Crippen LogP contribution in [0.25, 0.3) is 10.2 Å². The van der Waals surface area contributed by atoms with E-state index >= 15 is 0 Å². The number of carbonyl (C=O) groups is 2. The van der Waals surface area contributed by atoms with Crippen LogP contribution in [0.15, 0.2) is 41.0 Å². The third kappa shape index (κ3) is 3.28. The monoisotopic (exact) mass is 426 g/mol. The number of rotatable bonds is 4. The van der Waals surface area contributed by atoms with Crippen molar-refractivity contribution >= 4 is 38.5 Å². The number of piperazine rings is 1. The van der Waals surface area contributed by atoms with Gasteiger partial charge in [-0.05, 0) is 24.3 Å². The summed E-state index contributed by atoms with van der Waals surface area (Å²) in [5.41, 5.74) is 0.868. The van der Waals surface area contributed by atoms with Crippen LogP contribution in [0.1, 0.15) is 10.6 Å². The summed E-state index contributed by atoms with van der Waals surface area (Å²) >= 11 is 1.62. The van der Waals surface area contributed by atoms with Crippen LogP contribution in [0.5, 0.6) is 5.75 Å². The average Bonchev–Trinajstić information content (AvgIpc) is 3.42. The van der Waals surface area contributed by atoms with Gasteiger partial charge in [-0.25, -0.2) is 4.98 Å². The molecule has 30 heavy (non-hydrogen) atoms. The second-order valence-electron chi connectivity index (χ2n) is 7.50. The van der Waals surface area contributed by atoms with Crippen LogP contribution < -0.4 is 9.64 Å². The van der Waals surface area contributed by atoms with E-state index in [-0.39, 0.29) is 17.7 Å². The van der Waals surface area contributed by atoms with Crippen LogP contribution in [0.4, 0.5) is 5.13 Å². The number of methoxy groups -OCH3 is 1. The molecule has 3 aromatic rings. The predicted octanol–water partition coefficient (Wildman–Crippen LogP) is 2.32. The fourth-order valence-electron chi connectivity index (χ4n) is 3.95. The van der Waals surface area contributed by atoms with Crippen molar-refractivity contribution in [1.82, 2.24) is 14.8 Å². The van der Waals surface area contributed by atoms with Crippen LogP contribution in [-0.2, 0) is 4.79 Å². The van der Waals surface area contributed by atoms with E-state index in [4.69, 9.17) is 14.1 Å². The maximum atomic E-state index is 12.9. The molecule has 0 bridgehead atoms. The molecule has 156 valence electrons. The summed E-state index contributed by atoms with van der Waals surface area (Å²) in [4.78, 5) is 35.7. The molecule has 0 atom stereocenters. The zero-order chi connectivity index (χ0) is 20.7. The highest BCUT2D eigenvalue weighted by atomic mass is 32.1. The highest BCUT2D eigenvalue weighted by molar-refractivity contribution is 7.22. The molecular formula is C21H22N4O4S. The van der Waals surface area contributed by atoms with E-state index in [1.54, 1.807) is 35.5 Å². The highest BCUT2D eigenvalue weighted by Crippen LogP contribution is 2.36. The predicted molar refractivity (Wildman–Crippen MR) is 113 cm³/mol. The number of benzene rings is 1. The average molecular weight is 426 g/mol. The lowest BCUT2D eigenvalue weighted by Gasteiger charge is -2.42. The Morgan fingerprint density at radius 1 is 1.10 bits per heavy atom.